The van der Waals surface area contributed by atoms with Crippen LogP contribution in [0.5, 0.6) is 5.75 Å². The number of Topliss-reactive ketones (excluding diaryl/α,β-unsaturated/α-hetero) is 1. The standard InChI is InChI=1S/C17H16NO2.ClHO4/c1-20-12-2-3-13-11(10-12)8-9-18-15(13)5-4-14-16(18)6-7-17(14)19;2-1(3,4)5/h2-5,10H,6-9H2,1H3;(H,2,3,4,5)/q+1;/p-1. The van der Waals surface area contributed by atoms with Crippen LogP contribution in [0, 0.1) is 10.2 Å². The molecule has 0 unspecified atom stereocenters. The van der Waals surface area contributed by atoms with E-state index in [1.165, 1.54) is 22.5 Å². The highest BCUT2D eigenvalue weighted by Crippen LogP contribution is 2.31. The molecule has 2 aromatic rings. The maximum atomic E-state index is 11.9. The summed E-state index contributed by atoms with van der Waals surface area (Å²) in [7, 11) is -3.24. The Balaban J connectivity index is 0.000000324. The van der Waals surface area contributed by atoms with Crippen molar-refractivity contribution in [1.82, 2.24) is 0 Å². The van der Waals surface area contributed by atoms with Gasteiger partial charge >= 0.3 is 0 Å². The van der Waals surface area contributed by atoms with E-state index in [-0.39, 0.29) is 5.78 Å². The molecule has 0 N–H and O–H groups in total. The number of halogens is 1. The van der Waals surface area contributed by atoms with Crippen molar-refractivity contribution < 1.29 is 43.0 Å². The summed E-state index contributed by atoms with van der Waals surface area (Å²) < 4.78 is 41.6. The minimum absolute atomic E-state index is 0.288. The normalized spacial score (nSPS) is 14.8. The Kier molecular flexibility index (Phi) is 4.77. The molecule has 0 bridgehead atoms. The maximum absolute atomic E-state index is 11.9. The van der Waals surface area contributed by atoms with E-state index in [9.17, 15) is 4.79 Å². The van der Waals surface area contributed by atoms with E-state index in [0.29, 0.717) is 6.42 Å². The van der Waals surface area contributed by atoms with Crippen molar-refractivity contribution in [3.63, 3.8) is 0 Å². The van der Waals surface area contributed by atoms with Gasteiger partial charge in [0.15, 0.2) is 18.0 Å². The van der Waals surface area contributed by atoms with Gasteiger partial charge in [-0.15, -0.1) is 10.2 Å². The SMILES string of the molecule is COc1ccc2c(c1)CC[n+]1c-2ccc2c1CCC2=O.[O-][Cl+3]([O-])([O-])[O-]. The van der Waals surface area contributed by atoms with Crippen LogP contribution in [-0.2, 0) is 19.4 Å². The first-order valence-corrected chi connectivity index (χ1v) is 8.89. The predicted molar refractivity (Wildman–Crippen MR) is 75.0 cm³/mol. The summed E-state index contributed by atoms with van der Waals surface area (Å²) >= 11 is 0. The second-order valence-electron chi connectivity index (χ2n) is 5.80. The number of fused-ring (bicyclic) bond motifs is 5. The quantitative estimate of drug-likeness (QED) is 0.518. The zero-order valence-electron chi connectivity index (χ0n) is 13.5. The molecule has 0 spiro atoms. The number of ether oxygens (including phenoxy) is 1. The number of pyridine rings is 1. The van der Waals surface area contributed by atoms with Crippen molar-refractivity contribution in [3.05, 3.63) is 47.2 Å². The topological polar surface area (TPSA) is 122 Å². The van der Waals surface area contributed by atoms with Crippen LogP contribution < -0.4 is 27.9 Å². The molecule has 0 amide bonds. The zero-order chi connectivity index (χ0) is 18.2. The second kappa shape index (κ2) is 6.70. The molecule has 0 saturated carbocycles. The van der Waals surface area contributed by atoms with Gasteiger partial charge in [0.2, 0.25) is 5.69 Å². The fourth-order valence-electron chi connectivity index (χ4n) is 3.41. The molecule has 0 saturated heterocycles. The van der Waals surface area contributed by atoms with Gasteiger partial charge in [0, 0.05) is 30.9 Å². The Morgan fingerprint density at radius 2 is 1.68 bits per heavy atom. The molecule has 7 nitrogen and oxygen atoms in total. The summed E-state index contributed by atoms with van der Waals surface area (Å²) in [5.41, 5.74) is 5.95. The third-order valence-corrected chi connectivity index (χ3v) is 4.42. The number of carbonyl (C=O) groups is 1. The highest BCUT2D eigenvalue weighted by molar-refractivity contribution is 5.99. The molecule has 1 aliphatic carbocycles. The summed E-state index contributed by atoms with van der Waals surface area (Å²) in [4.78, 5) is 11.9. The summed E-state index contributed by atoms with van der Waals surface area (Å²) in [6, 6.07) is 10.3. The highest BCUT2D eigenvalue weighted by atomic mass is 35.7. The Hall–Kier alpha value is -2.03. The predicted octanol–water partition coefficient (Wildman–Crippen LogP) is -2.42. The first-order chi connectivity index (χ1) is 11.8. The van der Waals surface area contributed by atoms with Gasteiger partial charge in [-0.1, -0.05) is 0 Å². The van der Waals surface area contributed by atoms with Crippen LogP contribution in [0.2, 0.25) is 0 Å². The van der Waals surface area contributed by atoms with Crippen LogP contribution in [0.15, 0.2) is 30.3 Å². The number of benzene rings is 1. The van der Waals surface area contributed by atoms with E-state index in [1.54, 1.807) is 7.11 Å². The highest BCUT2D eigenvalue weighted by Gasteiger charge is 2.33. The van der Waals surface area contributed by atoms with E-state index in [0.717, 1.165) is 30.7 Å². The lowest BCUT2D eigenvalue weighted by molar-refractivity contribution is -2.00. The minimum atomic E-state index is -4.94. The van der Waals surface area contributed by atoms with Crippen molar-refractivity contribution in [1.29, 1.82) is 0 Å². The monoisotopic (exact) mass is 365 g/mol. The number of nitrogens with zero attached hydrogens (tertiary/aromatic N) is 1. The average molecular weight is 366 g/mol. The van der Waals surface area contributed by atoms with Crippen molar-refractivity contribution in [2.24, 2.45) is 0 Å². The molecular weight excluding hydrogens is 350 g/mol. The Morgan fingerprint density at radius 3 is 2.36 bits per heavy atom. The van der Waals surface area contributed by atoms with E-state index in [2.05, 4.69) is 22.8 Å². The molecular formula is C17H16ClNO6. The van der Waals surface area contributed by atoms with Gasteiger partial charge in [0.05, 0.1) is 12.7 Å². The Morgan fingerprint density at radius 1 is 1.00 bits per heavy atom. The van der Waals surface area contributed by atoms with Gasteiger partial charge < -0.3 is 4.74 Å². The van der Waals surface area contributed by atoms with E-state index < -0.39 is 10.2 Å². The third-order valence-electron chi connectivity index (χ3n) is 4.42. The number of ketones is 1. The number of methoxy groups -OCH3 is 1. The van der Waals surface area contributed by atoms with Gasteiger partial charge in [0.25, 0.3) is 0 Å². The number of aromatic nitrogens is 1. The molecule has 1 aliphatic heterocycles. The van der Waals surface area contributed by atoms with E-state index >= 15 is 0 Å². The summed E-state index contributed by atoms with van der Waals surface area (Å²) in [6.07, 6.45) is 2.54. The van der Waals surface area contributed by atoms with Crippen molar-refractivity contribution in [2.75, 3.05) is 7.11 Å². The molecule has 1 aromatic carbocycles. The van der Waals surface area contributed by atoms with Gasteiger partial charge in [-0.3, -0.25) is 4.79 Å². The molecule has 2 aliphatic rings. The van der Waals surface area contributed by atoms with Crippen molar-refractivity contribution in [2.45, 2.75) is 25.8 Å². The van der Waals surface area contributed by atoms with Crippen LogP contribution in [0.25, 0.3) is 11.3 Å². The van der Waals surface area contributed by atoms with Gasteiger partial charge in [-0.2, -0.15) is 4.57 Å². The van der Waals surface area contributed by atoms with Crippen LogP contribution in [0.4, 0.5) is 0 Å². The Labute approximate surface area is 146 Å². The van der Waals surface area contributed by atoms with Crippen LogP contribution in [0.1, 0.15) is 28.0 Å². The molecule has 1 aromatic heterocycles. The number of hydrogen-bond donors (Lipinski definition) is 0. The van der Waals surface area contributed by atoms with Gasteiger partial charge in [-0.25, -0.2) is 18.6 Å². The fraction of sp³-hybridized carbons (Fsp3) is 0.294. The minimum Gasteiger partial charge on any atom is -0.497 e. The smallest absolute Gasteiger partial charge is 0.213 e. The lowest BCUT2D eigenvalue weighted by Gasteiger charge is -2.17. The summed E-state index contributed by atoms with van der Waals surface area (Å²) in [5.74, 6) is 1.20. The summed E-state index contributed by atoms with van der Waals surface area (Å²) in [6.45, 7) is 0.950. The Bertz CT molecular complexity index is 825. The first-order valence-electron chi connectivity index (χ1n) is 7.66. The van der Waals surface area contributed by atoms with Gasteiger partial charge in [0.1, 0.15) is 5.75 Å². The molecule has 0 fully saturated rings. The molecule has 132 valence electrons. The second-order valence-corrected chi connectivity index (χ2v) is 6.56. The molecule has 25 heavy (non-hydrogen) atoms. The van der Waals surface area contributed by atoms with E-state index in [1.807, 2.05) is 12.1 Å². The van der Waals surface area contributed by atoms with Crippen LogP contribution in [0.3, 0.4) is 0 Å². The van der Waals surface area contributed by atoms with Crippen LogP contribution in [-0.4, -0.2) is 12.9 Å². The molecule has 2 heterocycles. The fourth-order valence-corrected chi connectivity index (χ4v) is 3.41. The number of aryl methyl sites for hydroxylation is 1. The average Bonchev–Trinajstić information content (AvgIpc) is 2.94. The zero-order valence-corrected chi connectivity index (χ0v) is 14.2. The molecule has 4 rings (SSSR count). The van der Waals surface area contributed by atoms with Gasteiger partial charge in [-0.05, 0) is 29.8 Å². The molecule has 8 heteroatoms. The lowest BCUT2D eigenvalue weighted by atomic mass is 9.96. The largest absolute Gasteiger partial charge is 0.497 e. The number of rotatable bonds is 1. The summed E-state index contributed by atoms with van der Waals surface area (Å²) in [5, 5.41) is 0. The number of carbonyl (C=O) groups excluding carboxylic acids is 1. The van der Waals surface area contributed by atoms with Crippen molar-refractivity contribution >= 4 is 5.78 Å². The first kappa shape index (κ1) is 17.8. The maximum Gasteiger partial charge on any atom is 0.213 e. The molecule has 0 radical (unpaired) electrons. The molecule has 0 atom stereocenters. The van der Waals surface area contributed by atoms with Crippen LogP contribution >= 0.6 is 0 Å². The number of hydrogen-bond acceptors (Lipinski definition) is 6. The third kappa shape index (κ3) is 3.81. The van der Waals surface area contributed by atoms with Crippen molar-refractivity contribution in [3.8, 4) is 17.0 Å². The van der Waals surface area contributed by atoms with E-state index in [4.69, 9.17) is 23.4 Å². The lowest BCUT2D eigenvalue weighted by Crippen LogP contribution is -2.68.